The first kappa shape index (κ1) is 14.9. The first-order valence-corrected chi connectivity index (χ1v) is 6.78. The zero-order valence-electron chi connectivity index (χ0n) is 11.6. The number of hydrazone groups is 1. The summed E-state index contributed by atoms with van der Waals surface area (Å²) < 4.78 is 5.11. The third-order valence-corrected chi connectivity index (χ3v) is 2.91. The molecule has 21 heavy (non-hydrogen) atoms. The second-order valence-electron chi connectivity index (χ2n) is 4.19. The fourth-order valence-corrected chi connectivity index (χ4v) is 1.71. The highest BCUT2D eigenvalue weighted by molar-refractivity contribution is 7.80. The van der Waals surface area contributed by atoms with Gasteiger partial charge in [0.05, 0.1) is 13.3 Å². The topological polar surface area (TPSA) is 58.5 Å². The van der Waals surface area contributed by atoms with Crippen molar-refractivity contribution < 1.29 is 4.74 Å². The van der Waals surface area contributed by atoms with Crippen LogP contribution in [0, 0.1) is 0 Å². The molecule has 0 atom stereocenters. The molecule has 0 amide bonds. The van der Waals surface area contributed by atoms with E-state index in [0.717, 1.165) is 16.9 Å². The van der Waals surface area contributed by atoms with Crippen LogP contribution < -0.4 is 15.5 Å². The first-order valence-electron chi connectivity index (χ1n) is 6.38. The van der Waals surface area contributed by atoms with Crippen LogP contribution in [0.2, 0.25) is 0 Å². The molecule has 0 aliphatic rings. The van der Waals surface area contributed by atoms with E-state index in [4.69, 9.17) is 17.0 Å². The summed E-state index contributed by atoms with van der Waals surface area (Å²) in [6.07, 6.45) is 5.10. The minimum absolute atomic E-state index is 0.464. The Labute approximate surface area is 129 Å². The minimum atomic E-state index is 0.464. The highest BCUT2D eigenvalue weighted by Gasteiger charge is 1.96. The van der Waals surface area contributed by atoms with Crippen LogP contribution in [0.25, 0.3) is 0 Å². The van der Waals surface area contributed by atoms with Gasteiger partial charge in [0, 0.05) is 24.5 Å². The van der Waals surface area contributed by atoms with E-state index < -0.39 is 0 Å². The molecule has 2 rings (SSSR count). The van der Waals surface area contributed by atoms with Crippen LogP contribution in [0.5, 0.6) is 5.75 Å². The molecule has 0 aliphatic heterocycles. The molecule has 0 unspecified atom stereocenters. The molecule has 2 aromatic rings. The zero-order chi connectivity index (χ0) is 14.9. The van der Waals surface area contributed by atoms with Crippen molar-refractivity contribution in [2.45, 2.75) is 6.54 Å². The smallest absolute Gasteiger partial charge is 0.187 e. The lowest BCUT2D eigenvalue weighted by Gasteiger charge is -2.07. The van der Waals surface area contributed by atoms with Gasteiger partial charge in [-0.05, 0) is 36.0 Å². The number of nitrogens with zero attached hydrogens (tertiary/aromatic N) is 2. The summed E-state index contributed by atoms with van der Waals surface area (Å²) in [6.45, 7) is 0.623. The third kappa shape index (κ3) is 5.19. The van der Waals surface area contributed by atoms with Crippen LogP contribution in [0.3, 0.4) is 0 Å². The summed E-state index contributed by atoms with van der Waals surface area (Å²) in [7, 11) is 1.65. The van der Waals surface area contributed by atoms with Crippen LogP contribution in [0.15, 0.2) is 53.9 Å². The van der Waals surface area contributed by atoms with E-state index in [0.29, 0.717) is 11.7 Å². The molecule has 0 saturated heterocycles. The van der Waals surface area contributed by atoms with Gasteiger partial charge in [-0.2, -0.15) is 5.10 Å². The normalized spacial score (nSPS) is 10.3. The highest BCUT2D eigenvalue weighted by atomic mass is 32.1. The summed E-state index contributed by atoms with van der Waals surface area (Å²) in [5.74, 6) is 0.834. The molecule has 2 N–H and O–H groups in total. The number of methoxy groups -OCH3 is 1. The van der Waals surface area contributed by atoms with Gasteiger partial charge < -0.3 is 10.1 Å². The maximum absolute atomic E-state index is 5.14. The number of pyridine rings is 1. The highest BCUT2D eigenvalue weighted by Crippen LogP contribution is 2.10. The second kappa shape index (κ2) is 7.96. The van der Waals surface area contributed by atoms with Crippen LogP contribution in [0.4, 0.5) is 0 Å². The summed E-state index contributed by atoms with van der Waals surface area (Å²) in [5.41, 5.74) is 4.77. The number of aromatic nitrogens is 1. The predicted octanol–water partition coefficient (Wildman–Crippen LogP) is 2.09. The van der Waals surface area contributed by atoms with Gasteiger partial charge in [-0.3, -0.25) is 10.4 Å². The molecule has 0 aliphatic carbocycles. The number of hydrogen-bond donors (Lipinski definition) is 2. The molecule has 108 valence electrons. The van der Waals surface area contributed by atoms with E-state index in [9.17, 15) is 0 Å². The van der Waals surface area contributed by atoms with E-state index in [1.165, 1.54) is 0 Å². The molecule has 0 radical (unpaired) electrons. The van der Waals surface area contributed by atoms with Crippen molar-refractivity contribution in [1.82, 2.24) is 15.7 Å². The SMILES string of the molecule is COc1ccc(CNC(=S)N/N=C\c2cccnc2)cc1. The van der Waals surface area contributed by atoms with Crippen molar-refractivity contribution >= 4 is 23.5 Å². The fraction of sp³-hybridized carbons (Fsp3) is 0.133. The maximum atomic E-state index is 5.14. The van der Waals surface area contributed by atoms with Crippen molar-refractivity contribution in [1.29, 1.82) is 0 Å². The van der Waals surface area contributed by atoms with Gasteiger partial charge in [0.2, 0.25) is 0 Å². The Hall–Kier alpha value is -2.47. The molecule has 0 fully saturated rings. The molecular formula is C15H16N4OS. The van der Waals surface area contributed by atoms with Crippen molar-refractivity contribution in [3.63, 3.8) is 0 Å². The van der Waals surface area contributed by atoms with E-state index in [2.05, 4.69) is 20.8 Å². The Bertz CT molecular complexity index is 599. The van der Waals surface area contributed by atoms with Gasteiger partial charge in [-0.25, -0.2) is 0 Å². The summed E-state index contributed by atoms with van der Waals surface area (Å²) in [6, 6.07) is 11.5. The molecule has 1 aromatic heterocycles. The van der Waals surface area contributed by atoms with Crippen molar-refractivity contribution in [3.05, 3.63) is 59.9 Å². The van der Waals surface area contributed by atoms with E-state index >= 15 is 0 Å². The van der Waals surface area contributed by atoms with Gasteiger partial charge in [-0.1, -0.05) is 18.2 Å². The summed E-state index contributed by atoms with van der Waals surface area (Å²) in [5, 5.41) is 7.58. The van der Waals surface area contributed by atoms with Gasteiger partial charge in [0.25, 0.3) is 0 Å². The molecule has 5 nitrogen and oxygen atoms in total. The zero-order valence-corrected chi connectivity index (χ0v) is 12.4. The molecule has 6 heteroatoms. The second-order valence-corrected chi connectivity index (χ2v) is 4.60. The Morgan fingerprint density at radius 2 is 2.14 bits per heavy atom. The molecule has 0 saturated carbocycles. The fourth-order valence-electron chi connectivity index (χ4n) is 1.58. The number of hydrogen-bond acceptors (Lipinski definition) is 4. The van der Waals surface area contributed by atoms with Crippen molar-refractivity contribution in [2.75, 3.05) is 7.11 Å². The Kier molecular flexibility index (Phi) is 5.66. The van der Waals surface area contributed by atoms with Gasteiger partial charge >= 0.3 is 0 Å². The number of thiocarbonyl (C=S) groups is 1. The lowest BCUT2D eigenvalue weighted by Crippen LogP contribution is -2.31. The lowest BCUT2D eigenvalue weighted by atomic mass is 10.2. The van der Waals surface area contributed by atoms with E-state index in [1.54, 1.807) is 25.7 Å². The standard InChI is InChI=1S/C15H16N4OS/c1-20-14-6-4-12(5-7-14)10-17-15(21)19-18-11-13-3-2-8-16-9-13/h2-9,11H,10H2,1H3,(H2,17,19,21)/b18-11-. The Balaban J connectivity index is 1.75. The molecular weight excluding hydrogens is 284 g/mol. The molecule has 1 heterocycles. The van der Waals surface area contributed by atoms with Crippen molar-refractivity contribution in [3.8, 4) is 5.75 Å². The largest absolute Gasteiger partial charge is 0.497 e. The van der Waals surface area contributed by atoms with Crippen molar-refractivity contribution in [2.24, 2.45) is 5.10 Å². The number of rotatable bonds is 5. The van der Waals surface area contributed by atoms with Crippen LogP contribution in [0.1, 0.15) is 11.1 Å². The monoisotopic (exact) mass is 300 g/mol. The quantitative estimate of drug-likeness (QED) is 0.503. The van der Waals surface area contributed by atoms with Gasteiger partial charge in [-0.15, -0.1) is 0 Å². The van der Waals surface area contributed by atoms with Gasteiger partial charge in [0.1, 0.15) is 5.75 Å². The Morgan fingerprint density at radius 1 is 1.33 bits per heavy atom. The number of nitrogens with one attached hydrogen (secondary N) is 2. The van der Waals surface area contributed by atoms with Crippen LogP contribution in [-0.2, 0) is 6.54 Å². The molecule has 0 bridgehead atoms. The Morgan fingerprint density at radius 3 is 2.81 bits per heavy atom. The third-order valence-electron chi connectivity index (χ3n) is 2.68. The van der Waals surface area contributed by atoms with Gasteiger partial charge in [0.15, 0.2) is 5.11 Å². The lowest BCUT2D eigenvalue weighted by molar-refractivity contribution is 0.414. The average molecular weight is 300 g/mol. The van der Waals surface area contributed by atoms with E-state index in [-0.39, 0.29) is 0 Å². The molecule has 1 aromatic carbocycles. The summed E-state index contributed by atoms with van der Waals surface area (Å²) >= 11 is 5.14. The summed E-state index contributed by atoms with van der Waals surface area (Å²) in [4.78, 5) is 3.99. The maximum Gasteiger partial charge on any atom is 0.187 e. The minimum Gasteiger partial charge on any atom is -0.497 e. The van der Waals surface area contributed by atoms with Crippen LogP contribution in [-0.4, -0.2) is 23.4 Å². The average Bonchev–Trinajstić information content (AvgIpc) is 2.54. The molecule has 0 spiro atoms. The predicted molar refractivity (Wildman–Crippen MR) is 87.4 cm³/mol. The van der Waals surface area contributed by atoms with Crippen LogP contribution >= 0.6 is 12.2 Å². The van der Waals surface area contributed by atoms with E-state index in [1.807, 2.05) is 36.4 Å². The first-order chi connectivity index (χ1) is 10.3. The number of ether oxygens (including phenoxy) is 1. The number of benzene rings is 1.